The fraction of sp³-hybridized carbons (Fsp3) is 0.650. The van der Waals surface area contributed by atoms with Crippen LogP contribution in [0.5, 0.6) is 0 Å². The zero-order chi connectivity index (χ0) is 18.6. The third kappa shape index (κ3) is 5.18. The minimum absolute atomic E-state index is 0.0433. The van der Waals surface area contributed by atoms with Crippen molar-refractivity contribution in [3.05, 3.63) is 35.6 Å². The van der Waals surface area contributed by atoms with Crippen molar-refractivity contribution in [3.63, 3.8) is 0 Å². The normalized spacial score (nSPS) is 22.6. The highest BCUT2D eigenvalue weighted by atomic mass is 19.1. The molecular weight excluding hydrogens is 321 g/mol. The van der Waals surface area contributed by atoms with Crippen LogP contribution in [0, 0.1) is 5.82 Å². The van der Waals surface area contributed by atoms with Gasteiger partial charge in [0.1, 0.15) is 11.4 Å². The summed E-state index contributed by atoms with van der Waals surface area (Å²) >= 11 is 0. The topological polar surface area (TPSA) is 49.8 Å². The summed E-state index contributed by atoms with van der Waals surface area (Å²) < 4.78 is 19.1. The van der Waals surface area contributed by atoms with Gasteiger partial charge in [-0.1, -0.05) is 25.5 Å². The lowest BCUT2D eigenvalue weighted by molar-refractivity contribution is -0.0368. The van der Waals surface area contributed by atoms with Crippen LogP contribution in [0.1, 0.15) is 71.5 Å². The largest absolute Gasteiger partial charge is 0.444 e. The maximum Gasteiger partial charge on any atom is 0.410 e. The molecule has 0 aromatic heterocycles. The first-order valence-electron chi connectivity index (χ1n) is 9.17. The molecule has 25 heavy (non-hydrogen) atoms. The van der Waals surface area contributed by atoms with Crippen LogP contribution >= 0.6 is 0 Å². The van der Waals surface area contributed by atoms with Crippen molar-refractivity contribution in [3.8, 4) is 0 Å². The van der Waals surface area contributed by atoms with E-state index in [9.17, 15) is 14.3 Å². The van der Waals surface area contributed by atoms with Crippen LogP contribution in [0.4, 0.5) is 9.18 Å². The first-order valence-corrected chi connectivity index (χ1v) is 9.17. The number of hydrogen-bond donors (Lipinski definition) is 1. The summed E-state index contributed by atoms with van der Waals surface area (Å²) in [5.74, 6) is -0.388. The molecule has 0 bridgehead atoms. The van der Waals surface area contributed by atoms with Gasteiger partial charge in [0, 0.05) is 6.04 Å². The average molecular weight is 351 g/mol. The summed E-state index contributed by atoms with van der Waals surface area (Å²) in [6.07, 6.45) is 3.00. The van der Waals surface area contributed by atoms with Crippen LogP contribution in [0.25, 0.3) is 0 Å². The van der Waals surface area contributed by atoms with Gasteiger partial charge in [0.15, 0.2) is 0 Å². The molecule has 0 spiro atoms. The third-order valence-electron chi connectivity index (χ3n) is 4.57. The minimum atomic E-state index is -0.928. The molecule has 1 fully saturated rings. The second-order valence-corrected chi connectivity index (χ2v) is 7.83. The molecule has 2 rings (SSSR count). The summed E-state index contributed by atoms with van der Waals surface area (Å²) in [5.41, 5.74) is -0.102. The van der Waals surface area contributed by atoms with Crippen molar-refractivity contribution in [2.45, 2.75) is 83.6 Å². The van der Waals surface area contributed by atoms with Crippen molar-refractivity contribution in [1.29, 1.82) is 0 Å². The predicted octanol–water partition coefficient (Wildman–Crippen LogP) is 4.82. The molecule has 1 aliphatic heterocycles. The van der Waals surface area contributed by atoms with E-state index in [1.807, 2.05) is 20.8 Å². The van der Waals surface area contributed by atoms with Gasteiger partial charge in [-0.3, -0.25) is 4.90 Å². The number of carbonyl (C=O) groups is 1. The Hall–Kier alpha value is -1.62. The van der Waals surface area contributed by atoms with Crippen LogP contribution in [-0.4, -0.2) is 33.8 Å². The van der Waals surface area contributed by atoms with Crippen LogP contribution in [0.3, 0.4) is 0 Å². The molecule has 5 heteroatoms. The van der Waals surface area contributed by atoms with E-state index in [4.69, 9.17) is 4.74 Å². The summed E-state index contributed by atoms with van der Waals surface area (Å²) in [6.45, 7) is 7.59. The lowest BCUT2D eigenvalue weighted by Gasteiger charge is -2.44. The molecule has 3 atom stereocenters. The standard InChI is InChI=1S/C20H30FNO3/c1-5-8-16-11-7-12-17(22(16)19(24)25-20(2,3)4)18(23)14-9-6-10-15(21)13-14/h6,9-10,13,16-18,23H,5,7-8,11-12H2,1-4H3/t16-,17-,18?/m1/s1. The lowest BCUT2D eigenvalue weighted by Crippen LogP contribution is -2.53. The van der Waals surface area contributed by atoms with Crippen LogP contribution < -0.4 is 0 Å². The first kappa shape index (κ1) is 19.7. The van der Waals surface area contributed by atoms with Crippen molar-refractivity contribution < 1.29 is 19.0 Å². The Morgan fingerprint density at radius 3 is 2.72 bits per heavy atom. The average Bonchev–Trinajstić information content (AvgIpc) is 2.52. The molecule has 140 valence electrons. The van der Waals surface area contributed by atoms with Crippen molar-refractivity contribution in [1.82, 2.24) is 4.90 Å². The molecule has 1 amide bonds. The van der Waals surface area contributed by atoms with E-state index in [1.165, 1.54) is 12.1 Å². The molecule has 4 nitrogen and oxygen atoms in total. The van der Waals surface area contributed by atoms with Crippen molar-refractivity contribution >= 4 is 6.09 Å². The van der Waals surface area contributed by atoms with Crippen molar-refractivity contribution in [2.75, 3.05) is 0 Å². The highest BCUT2D eigenvalue weighted by Crippen LogP contribution is 2.34. The summed E-state index contributed by atoms with van der Waals surface area (Å²) in [6, 6.07) is 5.61. The van der Waals surface area contributed by atoms with Crippen LogP contribution in [-0.2, 0) is 4.74 Å². The molecule has 1 saturated heterocycles. The fourth-order valence-electron chi connectivity index (χ4n) is 3.55. The molecule has 0 radical (unpaired) electrons. The van der Waals surface area contributed by atoms with Crippen molar-refractivity contribution in [2.24, 2.45) is 0 Å². The Bertz CT molecular complexity index is 583. The summed E-state index contributed by atoms with van der Waals surface area (Å²) in [5, 5.41) is 10.9. The number of rotatable bonds is 4. The fourth-order valence-corrected chi connectivity index (χ4v) is 3.55. The van der Waals surface area contributed by atoms with Crippen LogP contribution in [0.2, 0.25) is 0 Å². The first-order chi connectivity index (χ1) is 11.7. The Balaban J connectivity index is 2.29. The third-order valence-corrected chi connectivity index (χ3v) is 4.57. The summed E-state index contributed by atoms with van der Waals surface area (Å²) in [7, 11) is 0. The van der Waals surface area contributed by atoms with E-state index >= 15 is 0 Å². The van der Waals surface area contributed by atoms with Gasteiger partial charge in [0.25, 0.3) is 0 Å². The second kappa shape index (κ2) is 8.17. The van der Waals surface area contributed by atoms with E-state index in [1.54, 1.807) is 17.0 Å². The number of amides is 1. The summed E-state index contributed by atoms with van der Waals surface area (Å²) in [4.78, 5) is 14.5. The number of aliphatic hydroxyl groups is 1. The molecule has 1 aliphatic rings. The zero-order valence-corrected chi connectivity index (χ0v) is 15.7. The van der Waals surface area contributed by atoms with Crippen LogP contribution in [0.15, 0.2) is 24.3 Å². The number of halogens is 1. The molecule has 1 aromatic carbocycles. The predicted molar refractivity (Wildman–Crippen MR) is 95.8 cm³/mol. The maximum atomic E-state index is 13.6. The van der Waals surface area contributed by atoms with Gasteiger partial charge in [0.2, 0.25) is 0 Å². The Kier molecular flexibility index (Phi) is 6.44. The minimum Gasteiger partial charge on any atom is -0.444 e. The highest BCUT2D eigenvalue weighted by Gasteiger charge is 2.40. The van der Waals surface area contributed by atoms with E-state index in [-0.39, 0.29) is 11.9 Å². The molecule has 1 aromatic rings. The monoisotopic (exact) mass is 351 g/mol. The molecule has 1 N–H and O–H groups in total. The molecule has 0 saturated carbocycles. The number of piperidine rings is 1. The smallest absolute Gasteiger partial charge is 0.410 e. The number of likely N-dealkylation sites (tertiary alicyclic amines) is 1. The number of aliphatic hydroxyl groups excluding tert-OH is 1. The van der Waals surface area contributed by atoms with Gasteiger partial charge in [0.05, 0.1) is 12.1 Å². The Labute approximate surface area is 150 Å². The van der Waals surface area contributed by atoms with Gasteiger partial charge in [-0.2, -0.15) is 0 Å². The van der Waals surface area contributed by atoms with Gasteiger partial charge in [-0.05, 0) is 64.2 Å². The number of ether oxygens (including phenoxy) is 1. The van der Waals surface area contributed by atoms with E-state index in [0.29, 0.717) is 12.0 Å². The zero-order valence-electron chi connectivity index (χ0n) is 15.7. The molecule has 1 unspecified atom stereocenters. The Morgan fingerprint density at radius 2 is 2.12 bits per heavy atom. The van der Waals surface area contributed by atoms with Gasteiger partial charge in [-0.25, -0.2) is 9.18 Å². The lowest BCUT2D eigenvalue weighted by atomic mass is 9.88. The Morgan fingerprint density at radius 1 is 1.40 bits per heavy atom. The quantitative estimate of drug-likeness (QED) is 0.846. The molecule has 0 aliphatic carbocycles. The number of benzene rings is 1. The number of hydrogen-bond acceptors (Lipinski definition) is 3. The molecular formula is C20H30FNO3. The second-order valence-electron chi connectivity index (χ2n) is 7.83. The number of carbonyl (C=O) groups excluding carboxylic acids is 1. The highest BCUT2D eigenvalue weighted by molar-refractivity contribution is 5.69. The van der Waals surface area contributed by atoms with Gasteiger partial charge in [-0.15, -0.1) is 0 Å². The SMILES string of the molecule is CCC[C@@H]1CCC[C@H](C(O)c2cccc(F)c2)N1C(=O)OC(C)(C)C. The van der Waals surface area contributed by atoms with E-state index in [2.05, 4.69) is 6.92 Å². The molecule has 1 heterocycles. The number of nitrogens with zero attached hydrogens (tertiary/aromatic N) is 1. The van der Waals surface area contributed by atoms with Gasteiger partial charge >= 0.3 is 6.09 Å². The van der Waals surface area contributed by atoms with E-state index < -0.39 is 23.8 Å². The van der Waals surface area contributed by atoms with E-state index in [0.717, 1.165) is 25.7 Å². The van der Waals surface area contributed by atoms with Gasteiger partial charge < -0.3 is 9.84 Å². The maximum absolute atomic E-state index is 13.6.